The maximum Gasteiger partial charge on any atom is 0.251 e. The second-order valence-corrected chi connectivity index (χ2v) is 8.61. The van der Waals surface area contributed by atoms with Gasteiger partial charge in [0.05, 0.1) is 5.69 Å². The first-order chi connectivity index (χ1) is 13.9. The molecular formula is C24H27N3OS. The monoisotopic (exact) mass is 405 g/mol. The van der Waals surface area contributed by atoms with Gasteiger partial charge in [0, 0.05) is 22.9 Å². The molecule has 5 heteroatoms. The number of thioether (sulfide) groups is 1. The third-order valence-electron chi connectivity index (χ3n) is 4.92. The number of hydrogen-bond donors (Lipinski definition) is 1. The van der Waals surface area contributed by atoms with Crippen LogP contribution in [0.5, 0.6) is 0 Å². The average Bonchev–Trinajstić information content (AvgIpc) is 2.73. The molecule has 0 aliphatic rings. The van der Waals surface area contributed by atoms with E-state index in [2.05, 4.69) is 60.6 Å². The van der Waals surface area contributed by atoms with Crippen LogP contribution < -0.4 is 5.32 Å². The van der Waals surface area contributed by atoms with Gasteiger partial charge in [-0.15, -0.1) is 10.2 Å². The third-order valence-corrected chi connectivity index (χ3v) is 5.91. The first kappa shape index (κ1) is 21.1. The molecule has 0 aliphatic carbocycles. The maximum atomic E-state index is 12.4. The SMILES string of the molecule is Cc1ccc(-c2ccc(SCc3cccc(C(=O)NC(C)C(C)C)c3)nn2)cc1. The number of nitrogens with zero attached hydrogens (tertiary/aromatic N) is 2. The number of aromatic nitrogens is 2. The van der Waals surface area contributed by atoms with Gasteiger partial charge in [-0.1, -0.05) is 67.6 Å². The number of rotatable bonds is 7. The smallest absolute Gasteiger partial charge is 0.251 e. The molecule has 2 aromatic carbocycles. The van der Waals surface area contributed by atoms with Crippen molar-refractivity contribution in [1.29, 1.82) is 0 Å². The lowest BCUT2D eigenvalue weighted by atomic mass is 10.1. The minimum absolute atomic E-state index is 0.0275. The molecule has 0 bridgehead atoms. The number of amides is 1. The topological polar surface area (TPSA) is 54.9 Å². The van der Waals surface area contributed by atoms with Crippen molar-refractivity contribution in [3.05, 3.63) is 77.4 Å². The predicted octanol–water partition coefficient (Wildman–Crippen LogP) is 5.52. The van der Waals surface area contributed by atoms with Gasteiger partial charge < -0.3 is 5.32 Å². The molecule has 0 saturated carbocycles. The fraction of sp³-hybridized carbons (Fsp3) is 0.292. The minimum atomic E-state index is -0.0275. The summed E-state index contributed by atoms with van der Waals surface area (Å²) in [4.78, 5) is 12.4. The number of benzene rings is 2. The Hall–Kier alpha value is -2.66. The van der Waals surface area contributed by atoms with Gasteiger partial charge in [-0.25, -0.2) is 0 Å². The summed E-state index contributed by atoms with van der Waals surface area (Å²) in [5.41, 5.74) is 4.94. The summed E-state index contributed by atoms with van der Waals surface area (Å²) in [6, 6.07) is 20.2. The van der Waals surface area contributed by atoms with Crippen LogP contribution in [0, 0.1) is 12.8 Å². The van der Waals surface area contributed by atoms with Crippen molar-refractivity contribution in [2.45, 2.75) is 44.5 Å². The van der Waals surface area contributed by atoms with E-state index in [9.17, 15) is 4.79 Å². The second kappa shape index (κ2) is 9.70. The van der Waals surface area contributed by atoms with Gasteiger partial charge in [0.1, 0.15) is 5.03 Å². The molecule has 1 unspecified atom stereocenters. The molecule has 0 saturated heterocycles. The van der Waals surface area contributed by atoms with Crippen molar-refractivity contribution in [3.63, 3.8) is 0 Å². The van der Waals surface area contributed by atoms with E-state index in [1.54, 1.807) is 11.8 Å². The summed E-state index contributed by atoms with van der Waals surface area (Å²) < 4.78 is 0. The molecular weight excluding hydrogens is 378 g/mol. The Kier molecular flexibility index (Phi) is 7.04. The highest BCUT2D eigenvalue weighted by atomic mass is 32.2. The average molecular weight is 406 g/mol. The number of hydrogen-bond acceptors (Lipinski definition) is 4. The Bertz CT molecular complexity index is 953. The molecule has 150 valence electrons. The van der Waals surface area contributed by atoms with Crippen LogP contribution in [0.15, 0.2) is 65.7 Å². The molecule has 1 aromatic heterocycles. The predicted molar refractivity (Wildman–Crippen MR) is 120 cm³/mol. The van der Waals surface area contributed by atoms with Gasteiger partial charge in [0.25, 0.3) is 5.91 Å². The zero-order chi connectivity index (χ0) is 20.8. The molecule has 4 nitrogen and oxygen atoms in total. The Morgan fingerprint density at radius 1 is 1.00 bits per heavy atom. The largest absolute Gasteiger partial charge is 0.349 e. The van der Waals surface area contributed by atoms with Gasteiger partial charge >= 0.3 is 0 Å². The summed E-state index contributed by atoms with van der Waals surface area (Å²) in [6.07, 6.45) is 0. The Balaban J connectivity index is 1.61. The van der Waals surface area contributed by atoms with Gasteiger partial charge in [0.15, 0.2) is 0 Å². The quantitative estimate of drug-likeness (QED) is 0.526. The number of nitrogens with one attached hydrogen (secondary N) is 1. The summed E-state index contributed by atoms with van der Waals surface area (Å²) in [6.45, 7) is 8.30. The Morgan fingerprint density at radius 3 is 2.41 bits per heavy atom. The van der Waals surface area contributed by atoms with Gasteiger partial charge in [-0.3, -0.25) is 4.79 Å². The van der Waals surface area contributed by atoms with E-state index in [-0.39, 0.29) is 11.9 Å². The van der Waals surface area contributed by atoms with Crippen LogP contribution in [0.2, 0.25) is 0 Å². The summed E-state index contributed by atoms with van der Waals surface area (Å²) >= 11 is 1.61. The lowest BCUT2D eigenvalue weighted by Crippen LogP contribution is -2.36. The molecule has 1 N–H and O–H groups in total. The van der Waals surface area contributed by atoms with Crippen LogP contribution in [0.3, 0.4) is 0 Å². The van der Waals surface area contributed by atoms with Crippen molar-refractivity contribution in [2.75, 3.05) is 0 Å². The molecule has 29 heavy (non-hydrogen) atoms. The molecule has 0 spiro atoms. The minimum Gasteiger partial charge on any atom is -0.349 e. The van der Waals surface area contributed by atoms with E-state index < -0.39 is 0 Å². The maximum absolute atomic E-state index is 12.4. The standard InChI is InChI=1S/C24H27N3OS/c1-16(2)18(4)25-24(28)21-7-5-6-19(14-21)15-29-23-13-12-22(26-27-23)20-10-8-17(3)9-11-20/h5-14,16,18H,15H2,1-4H3,(H,25,28). The first-order valence-corrected chi connectivity index (χ1v) is 10.8. The Morgan fingerprint density at radius 2 is 1.76 bits per heavy atom. The van der Waals surface area contributed by atoms with E-state index in [4.69, 9.17) is 0 Å². The van der Waals surface area contributed by atoms with Crippen LogP contribution in [-0.4, -0.2) is 22.1 Å². The number of aryl methyl sites for hydroxylation is 1. The molecule has 1 heterocycles. The number of carbonyl (C=O) groups excluding carboxylic acids is 1. The van der Waals surface area contributed by atoms with Crippen LogP contribution >= 0.6 is 11.8 Å². The van der Waals surface area contributed by atoms with Crippen molar-refractivity contribution in [1.82, 2.24) is 15.5 Å². The van der Waals surface area contributed by atoms with Gasteiger partial charge in [-0.05, 0) is 49.6 Å². The molecule has 1 atom stereocenters. The van der Waals surface area contributed by atoms with Crippen molar-refractivity contribution in [2.24, 2.45) is 5.92 Å². The van der Waals surface area contributed by atoms with E-state index in [1.807, 2.05) is 43.3 Å². The van der Waals surface area contributed by atoms with Crippen molar-refractivity contribution in [3.8, 4) is 11.3 Å². The van der Waals surface area contributed by atoms with Crippen LogP contribution in [0.25, 0.3) is 11.3 Å². The fourth-order valence-corrected chi connectivity index (χ4v) is 3.45. The normalized spacial score (nSPS) is 12.0. The first-order valence-electron chi connectivity index (χ1n) is 9.86. The summed E-state index contributed by atoms with van der Waals surface area (Å²) in [5.74, 6) is 1.11. The van der Waals surface area contributed by atoms with Crippen molar-refractivity contribution < 1.29 is 4.79 Å². The molecule has 0 aliphatic heterocycles. The van der Waals surface area contributed by atoms with E-state index in [0.29, 0.717) is 11.5 Å². The molecule has 0 fully saturated rings. The number of carbonyl (C=O) groups is 1. The zero-order valence-electron chi connectivity index (χ0n) is 17.3. The fourth-order valence-electron chi connectivity index (χ4n) is 2.69. The van der Waals surface area contributed by atoms with Gasteiger partial charge in [-0.2, -0.15) is 0 Å². The molecule has 3 aromatic rings. The highest BCUT2D eigenvalue weighted by molar-refractivity contribution is 7.98. The summed E-state index contributed by atoms with van der Waals surface area (Å²) in [7, 11) is 0. The van der Waals surface area contributed by atoms with E-state index in [1.165, 1.54) is 5.56 Å². The lowest BCUT2D eigenvalue weighted by Gasteiger charge is -2.17. The summed E-state index contributed by atoms with van der Waals surface area (Å²) in [5, 5.41) is 12.6. The van der Waals surface area contributed by atoms with Crippen LogP contribution in [-0.2, 0) is 5.75 Å². The van der Waals surface area contributed by atoms with Crippen molar-refractivity contribution >= 4 is 17.7 Å². The molecule has 0 radical (unpaired) electrons. The molecule has 3 rings (SSSR count). The van der Waals surface area contributed by atoms with E-state index in [0.717, 1.165) is 27.6 Å². The highest BCUT2D eigenvalue weighted by Gasteiger charge is 2.13. The van der Waals surface area contributed by atoms with Crippen LogP contribution in [0.4, 0.5) is 0 Å². The zero-order valence-corrected chi connectivity index (χ0v) is 18.2. The lowest BCUT2D eigenvalue weighted by molar-refractivity contribution is 0.0930. The highest BCUT2D eigenvalue weighted by Crippen LogP contribution is 2.23. The second-order valence-electron chi connectivity index (χ2n) is 7.62. The Labute approximate surface area is 177 Å². The van der Waals surface area contributed by atoms with Gasteiger partial charge in [0.2, 0.25) is 0 Å². The molecule has 1 amide bonds. The van der Waals surface area contributed by atoms with E-state index >= 15 is 0 Å². The third kappa shape index (κ3) is 5.91. The van der Waals surface area contributed by atoms with Crippen LogP contribution in [0.1, 0.15) is 42.3 Å².